The normalized spacial score (nSPS) is 17.0. The van der Waals surface area contributed by atoms with E-state index in [0.717, 1.165) is 54.2 Å². The van der Waals surface area contributed by atoms with Crippen LogP contribution in [0.15, 0.2) is 48.5 Å². The summed E-state index contributed by atoms with van der Waals surface area (Å²) in [5.74, 6) is 1.43. The van der Waals surface area contributed by atoms with Crippen LogP contribution in [0.1, 0.15) is 19.8 Å². The predicted octanol–water partition coefficient (Wildman–Crippen LogP) is 4.74. The van der Waals surface area contributed by atoms with Crippen LogP contribution in [0.3, 0.4) is 0 Å². The van der Waals surface area contributed by atoms with Crippen LogP contribution in [0.25, 0.3) is 10.2 Å². The third kappa shape index (κ3) is 5.29. The summed E-state index contributed by atoms with van der Waals surface area (Å²) < 4.78 is 18.0. The molecular formula is C23H26N2O4S. The monoisotopic (exact) mass is 426 g/mol. The summed E-state index contributed by atoms with van der Waals surface area (Å²) in [6.07, 6.45) is 1.92. The van der Waals surface area contributed by atoms with Crippen molar-refractivity contribution in [3.63, 3.8) is 0 Å². The summed E-state index contributed by atoms with van der Waals surface area (Å²) in [5, 5.41) is 0.631. The highest BCUT2D eigenvalue weighted by molar-refractivity contribution is 7.20. The van der Waals surface area contributed by atoms with Gasteiger partial charge in [-0.2, -0.15) is 0 Å². The number of hydrogen-bond acceptors (Lipinski definition) is 7. The quantitative estimate of drug-likeness (QED) is 0.485. The van der Waals surface area contributed by atoms with Crippen LogP contribution in [0, 0.1) is 5.92 Å². The summed E-state index contributed by atoms with van der Waals surface area (Å²) in [6, 6.07) is 15.6. The molecule has 6 nitrogen and oxygen atoms in total. The van der Waals surface area contributed by atoms with E-state index in [1.807, 2.05) is 55.5 Å². The number of para-hydroxylation sites is 1. The van der Waals surface area contributed by atoms with Crippen molar-refractivity contribution in [2.45, 2.75) is 19.8 Å². The molecule has 4 rings (SSSR count). The minimum Gasteiger partial charge on any atom is -0.492 e. The molecule has 158 valence electrons. The zero-order valence-corrected chi connectivity index (χ0v) is 17.9. The Morgan fingerprint density at radius 1 is 1.17 bits per heavy atom. The highest BCUT2D eigenvalue weighted by atomic mass is 32.1. The second-order valence-electron chi connectivity index (χ2n) is 7.26. The third-order valence-corrected chi connectivity index (χ3v) is 6.02. The smallest absolute Gasteiger partial charge is 0.310 e. The maximum atomic E-state index is 12.0. The molecule has 7 heteroatoms. The van der Waals surface area contributed by atoms with E-state index in [1.54, 1.807) is 0 Å². The van der Waals surface area contributed by atoms with Crippen molar-refractivity contribution in [2.75, 3.05) is 32.8 Å². The second kappa shape index (κ2) is 9.91. The number of aromatic nitrogens is 1. The first-order chi connectivity index (χ1) is 14.7. The molecule has 1 unspecified atom stereocenters. The molecule has 0 aliphatic carbocycles. The lowest BCUT2D eigenvalue weighted by molar-refractivity contribution is -0.150. The van der Waals surface area contributed by atoms with Crippen molar-refractivity contribution in [3.8, 4) is 16.7 Å². The molecule has 1 fully saturated rings. The van der Waals surface area contributed by atoms with Crippen molar-refractivity contribution in [1.29, 1.82) is 0 Å². The number of piperidine rings is 1. The molecule has 3 aromatic rings. The molecule has 0 radical (unpaired) electrons. The van der Waals surface area contributed by atoms with E-state index in [-0.39, 0.29) is 11.9 Å². The van der Waals surface area contributed by atoms with Gasteiger partial charge in [-0.15, -0.1) is 0 Å². The van der Waals surface area contributed by atoms with Crippen LogP contribution in [-0.4, -0.2) is 48.7 Å². The number of benzene rings is 2. The number of carbonyl (C=O) groups is 1. The fourth-order valence-electron chi connectivity index (χ4n) is 3.60. The molecule has 1 aromatic heterocycles. The Kier molecular flexibility index (Phi) is 6.81. The molecule has 2 heterocycles. The van der Waals surface area contributed by atoms with Crippen molar-refractivity contribution >= 4 is 27.5 Å². The number of carbonyl (C=O) groups excluding carboxylic acids is 1. The number of likely N-dealkylation sites (tertiary alicyclic amines) is 1. The van der Waals surface area contributed by atoms with E-state index in [2.05, 4.69) is 9.88 Å². The molecule has 1 aliphatic rings. The van der Waals surface area contributed by atoms with Gasteiger partial charge in [0.25, 0.3) is 5.19 Å². The standard InChI is InChI=1S/C23H26N2O4S/c1-2-27-22(26)17-6-5-13-25(16-17)14-15-28-18-9-11-19(12-10-18)29-23-24-20-7-3-4-8-21(20)30-23/h3-4,7-12,17H,2,5-6,13-16H2,1H3. The van der Waals surface area contributed by atoms with Crippen LogP contribution in [0.5, 0.6) is 16.7 Å². The molecule has 0 saturated carbocycles. The number of ether oxygens (including phenoxy) is 3. The minimum absolute atomic E-state index is 0.0161. The van der Waals surface area contributed by atoms with Gasteiger partial charge in [0, 0.05) is 13.1 Å². The lowest BCUT2D eigenvalue weighted by Crippen LogP contribution is -2.41. The summed E-state index contributed by atoms with van der Waals surface area (Å²) in [7, 11) is 0. The molecule has 1 aliphatic heterocycles. The third-order valence-electron chi connectivity index (χ3n) is 5.10. The Morgan fingerprint density at radius 3 is 2.77 bits per heavy atom. The van der Waals surface area contributed by atoms with E-state index >= 15 is 0 Å². The van der Waals surface area contributed by atoms with E-state index in [9.17, 15) is 4.79 Å². The summed E-state index contributed by atoms with van der Waals surface area (Å²) in [4.78, 5) is 18.7. The highest BCUT2D eigenvalue weighted by Crippen LogP contribution is 2.31. The largest absolute Gasteiger partial charge is 0.492 e. The zero-order valence-electron chi connectivity index (χ0n) is 17.1. The summed E-state index contributed by atoms with van der Waals surface area (Å²) in [5.41, 5.74) is 0.945. The molecule has 0 bridgehead atoms. The van der Waals surface area contributed by atoms with Crippen molar-refractivity contribution in [3.05, 3.63) is 48.5 Å². The number of hydrogen-bond donors (Lipinski definition) is 0. The van der Waals surface area contributed by atoms with Gasteiger partial charge in [-0.1, -0.05) is 23.5 Å². The van der Waals surface area contributed by atoms with Crippen molar-refractivity contribution in [1.82, 2.24) is 9.88 Å². The van der Waals surface area contributed by atoms with Gasteiger partial charge in [0.05, 0.1) is 22.7 Å². The maximum Gasteiger partial charge on any atom is 0.310 e. The Morgan fingerprint density at radius 2 is 1.97 bits per heavy atom. The molecule has 0 N–H and O–H groups in total. The Bertz CT molecular complexity index is 940. The first-order valence-corrected chi connectivity index (χ1v) is 11.2. The number of nitrogens with zero attached hydrogens (tertiary/aromatic N) is 2. The average molecular weight is 427 g/mol. The Hall–Kier alpha value is -2.64. The number of fused-ring (bicyclic) bond motifs is 1. The zero-order chi connectivity index (χ0) is 20.8. The average Bonchev–Trinajstić information content (AvgIpc) is 3.18. The second-order valence-corrected chi connectivity index (χ2v) is 8.25. The molecule has 1 saturated heterocycles. The van der Waals surface area contributed by atoms with Gasteiger partial charge in [-0.25, -0.2) is 4.98 Å². The molecule has 0 spiro atoms. The molecule has 30 heavy (non-hydrogen) atoms. The fourth-order valence-corrected chi connectivity index (χ4v) is 4.44. The van der Waals surface area contributed by atoms with Gasteiger partial charge < -0.3 is 14.2 Å². The van der Waals surface area contributed by atoms with Gasteiger partial charge in [0.15, 0.2) is 0 Å². The van der Waals surface area contributed by atoms with Crippen LogP contribution in [0.4, 0.5) is 0 Å². The van der Waals surface area contributed by atoms with Gasteiger partial charge in [-0.05, 0) is 62.7 Å². The summed E-state index contributed by atoms with van der Waals surface area (Å²) >= 11 is 1.53. The topological polar surface area (TPSA) is 60.9 Å². The first kappa shape index (κ1) is 20.6. The van der Waals surface area contributed by atoms with Crippen LogP contribution in [0.2, 0.25) is 0 Å². The minimum atomic E-state index is -0.0770. The summed E-state index contributed by atoms with van der Waals surface area (Å²) in [6.45, 7) is 5.40. The fraction of sp³-hybridized carbons (Fsp3) is 0.391. The number of thiazole rings is 1. The Labute approximate surface area is 180 Å². The van der Waals surface area contributed by atoms with Crippen LogP contribution in [-0.2, 0) is 9.53 Å². The van der Waals surface area contributed by atoms with E-state index in [1.165, 1.54) is 11.3 Å². The van der Waals surface area contributed by atoms with Gasteiger partial charge in [0.2, 0.25) is 0 Å². The van der Waals surface area contributed by atoms with Crippen molar-refractivity contribution in [2.24, 2.45) is 5.92 Å². The first-order valence-electron chi connectivity index (χ1n) is 10.4. The lowest BCUT2D eigenvalue weighted by atomic mass is 9.98. The van der Waals surface area contributed by atoms with E-state index < -0.39 is 0 Å². The van der Waals surface area contributed by atoms with Gasteiger partial charge >= 0.3 is 5.97 Å². The maximum absolute atomic E-state index is 12.0. The lowest BCUT2D eigenvalue weighted by Gasteiger charge is -2.31. The highest BCUT2D eigenvalue weighted by Gasteiger charge is 2.26. The van der Waals surface area contributed by atoms with Gasteiger partial charge in [-0.3, -0.25) is 9.69 Å². The van der Waals surface area contributed by atoms with Crippen LogP contribution < -0.4 is 9.47 Å². The van der Waals surface area contributed by atoms with Crippen LogP contribution >= 0.6 is 11.3 Å². The predicted molar refractivity (Wildman–Crippen MR) is 117 cm³/mol. The van der Waals surface area contributed by atoms with Gasteiger partial charge in [0.1, 0.15) is 18.1 Å². The number of esters is 1. The van der Waals surface area contributed by atoms with E-state index in [0.29, 0.717) is 18.4 Å². The molecule has 1 atom stereocenters. The Balaban J connectivity index is 1.24. The van der Waals surface area contributed by atoms with Crippen molar-refractivity contribution < 1.29 is 19.0 Å². The molecular weight excluding hydrogens is 400 g/mol. The molecule has 2 aromatic carbocycles. The number of rotatable bonds is 8. The SMILES string of the molecule is CCOC(=O)C1CCCN(CCOc2ccc(Oc3nc4ccccc4s3)cc2)C1. The van der Waals surface area contributed by atoms with E-state index in [4.69, 9.17) is 14.2 Å². The molecule has 0 amide bonds.